The number of hydrogen-bond acceptors (Lipinski definition) is 3. The summed E-state index contributed by atoms with van der Waals surface area (Å²) in [5, 5.41) is 3.31. The molecule has 0 aliphatic carbocycles. The Bertz CT molecular complexity index is 428. The van der Waals surface area contributed by atoms with Gasteiger partial charge in [-0.1, -0.05) is 12.1 Å². The molecule has 1 N–H and O–H groups in total. The Labute approximate surface area is 114 Å². The van der Waals surface area contributed by atoms with E-state index in [1.165, 1.54) is 0 Å². The van der Waals surface area contributed by atoms with Gasteiger partial charge in [0.1, 0.15) is 5.75 Å². The van der Waals surface area contributed by atoms with Gasteiger partial charge in [-0.2, -0.15) is 0 Å². The van der Waals surface area contributed by atoms with Gasteiger partial charge in [0.2, 0.25) is 0 Å². The summed E-state index contributed by atoms with van der Waals surface area (Å²) >= 11 is 0. The van der Waals surface area contributed by atoms with Crippen LogP contribution in [0.4, 0.5) is 0 Å². The smallest absolute Gasteiger partial charge is 0.257 e. The predicted octanol–water partition coefficient (Wildman–Crippen LogP) is 1.91. The monoisotopic (exact) mass is 262 g/mol. The molecule has 104 valence electrons. The maximum atomic E-state index is 12.7. The van der Waals surface area contributed by atoms with Crippen molar-refractivity contribution in [3.8, 4) is 5.75 Å². The van der Waals surface area contributed by atoms with Crippen molar-refractivity contribution in [2.24, 2.45) is 0 Å². The molecule has 4 heteroatoms. The molecule has 0 bridgehead atoms. The molecule has 0 saturated carbocycles. The van der Waals surface area contributed by atoms with Crippen LogP contribution in [0.1, 0.15) is 30.6 Å². The normalized spacial score (nSPS) is 18.3. The van der Waals surface area contributed by atoms with Crippen LogP contribution in [0.3, 0.4) is 0 Å². The van der Waals surface area contributed by atoms with Crippen LogP contribution >= 0.6 is 0 Å². The first-order chi connectivity index (χ1) is 9.27. The van der Waals surface area contributed by atoms with E-state index in [0.717, 1.165) is 26.1 Å². The number of amides is 1. The molecule has 1 amide bonds. The summed E-state index contributed by atoms with van der Waals surface area (Å²) in [5.41, 5.74) is 0.665. The van der Waals surface area contributed by atoms with E-state index in [1.807, 2.05) is 43.0 Å². The Kier molecular flexibility index (Phi) is 4.80. The minimum absolute atomic E-state index is 0.0697. The fourth-order valence-corrected chi connectivity index (χ4v) is 2.55. The maximum Gasteiger partial charge on any atom is 0.257 e. The predicted molar refractivity (Wildman–Crippen MR) is 75.6 cm³/mol. The number of carbonyl (C=O) groups is 1. The lowest BCUT2D eigenvalue weighted by atomic mass is 10.1. The lowest BCUT2D eigenvalue weighted by Crippen LogP contribution is -2.41. The number of nitrogens with one attached hydrogen (secondary N) is 1. The summed E-state index contributed by atoms with van der Waals surface area (Å²) < 4.78 is 5.55. The van der Waals surface area contributed by atoms with Crippen LogP contribution in [0.2, 0.25) is 0 Å². The molecule has 1 aromatic rings. The highest BCUT2D eigenvalue weighted by Crippen LogP contribution is 2.22. The van der Waals surface area contributed by atoms with E-state index in [2.05, 4.69) is 5.32 Å². The second-order valence-electron chi connectivity index (χ2n) is 4.67. The van der Waals surface area contributed by atoms with Crippen LogP contribution in [-0.2, 0) is 0 Å². The standard InChI is InChI=1S/C15H22N2O2/c1-3-17(12-9-10-16-11-12)15(18)13-7-5-6-8-14(13)19-4-2/h5-8,12,16H,3-4,9-11H2,1-2H3. The van der Waals surface area contributed by atoms with Crippen LogP contribution in [-0.4, -0.2) is 43.1 Å². The van der Waals surface area contributed by atoms with Crippen molar-refractivity contribution in [1.82, 2.24) is 10.2 Å². The zero-order chi connectivity index (χ0) is 13.7. The highest BCUT2D eigenvalue weighted by molar-refractivity contribution is 5.97. The fraction of sp³-hybridized carbons (Fsp3) is 0.533. The van der Waals surface area contributed by atoms with E-state index in [9.17, 15) is 4.79 Å². The van der Waals surface area contributed by atoms with Crippen LogP contribution in [0.15, 0.2) is 24.3 Å². The molecule has 1 aromatic carbocycles. The molecule has 0 radical (unpaired) electrons. The molecule has 2 rings (SSSR count). The van der Waals surface area contributed by atoms with E-state index in [4.69, 9.17) is 4.74 Å². The van der Waals surface area contributed by atoms with Gasteiger partial charge in [0.25, 0.3) is 5.91 Å². The third-order valence-corrected chi connectivity index (χ3v) is 3.49. The fourth-order valence-electron chi connectivity index (χ4n) is 2.55. The van der Waals surface area contributed by atoms with Gasteiger partial charge in [-0.05, 0) is 38.9 Å². The minimum atomic E-state index is 0.0697. The first kappa shape index (κ1) is 13.9. The van der Waals surface area contributed by atoms with Crippen LogP contribution in [0.5, 0.6) is 5.75 Å². The Hall–Kier alpha value is -1.55. The minimum Gasteiger partial charge on any atom is -0.493 e. The SMILES string of the molecule is CCOc1ccccc1C(=O)N(CC)C1CCNC1. The second-order valence-corrected chi connectivity index (χ2v) is 4.67. The summed E-state index contributed by atoms with van der Waals surface area (Å²) in [5.74, 6) is 0.750. The topological polar surface area (TPSA) is 41.6 Å². The summed E-state index contributed by atoms with van der Waals surface area (Å²) in [6.07, 6.45) is 1.02. The van der Waals surface area contributed by atoms with Gasteiger partial charge in [0, 0.05) is 19.1 Å². The number of rotatable bonds is 5. The number of carbonyl (C=O) groups excluding carboxylic acids is 1. The quantitative estimate of drug-likeness (QED) is 0.881. The van der Waals surface area contributed by atoms with Crippen molar-refractivity contribution in [3.05, 3.63) is 29.8 Å². The molecule has 19 heavy (non-hydrogen) atoms. The summed E-state index contributed by atoms with van der Waals surface area (Å²) in [4.78, 5) is 14.6. The third-order valence-electron chi connectivity index (χ3n) is 3.49. The van der Waals surface area contributed by atoms with E-state index in [0.29, 0.717) is 24.0 Å². The zero-order valence-electron chi connectivity index (χ0n) is 11.7. The van der Waals surface area contributed by atoms with E-state index in [1.54, 1.807) is 0 Å². The average Bonchev–Trinajstić information content (AvgIpc) is 2.94. The van der Waals surface area contributed by atoms with Crippen molar-refractivity contribution in [2.75, 3.05) is 26.2 Å². The number of nitrogens with zero attached hydrogens (tertiary/aromatic N) is 1. The summed E-state index contributed by atoms with van der Waals surface area (Å²) in [6.45, 7) is 7.13. The van der Waals surface area contributed by atoms with Gasteiger partial charge < -0.3 is 15.0 Å². The van der Waals surface area contributed by atoms with E-state index < -0.39 is 0 Å². The molecular weight excluding hydrogens is 240 g/mol. The summed E-state index contributed by atoms with van der Waals surface area (Å²) in [7, 11) is 0. The maximum absolute atomic E-state index is 12.7. The molecule has 0 spiro atoms. The zero-order valence-corrected chi connectivity index (χ0v) is 11.7. The molecule has 0 aromatic heterocycles. The lowest BCUT2D eigenvalue weighted by molar-refractivity contribution is 0.0699. The van der Waals surface area contributed by atoms with Crippen LogP contribution < -0.4 is 10.1 Å². The molecule has 1 saturated heterocycles. The van der Waals surface area contributed by atoms with Crippen molar-refractivity contribution in [1.29, 1.82) is 0 Å². The number of para-hydroxylation sites is 1. The lowest BCUT2D eigenvalue weighted by Gasteiger charge is -2.27. The van der Waals surface area contributed by atoms with Gasteiger partial charge >= 0.3 is 0 Å². The number of ether oxygens (including phenoxy) is 1. The number of benzene rings is 1. The average molecular weight is 262 g/mol. The Morgan fingerprint density at radius 2 is 2.21 bits per heavy atom. The highest BCUT2D eigenvalue weighted by atomic mass is 16.5. The first-order valence-corrected chi connectivity index (χ1v) is 7.01. The van der Waals surface area contributed by atoms with Crippen molar-refractivity contribution in [2.45, 2.75) is 26.3 Å². The second kappa shape index (κ2) is 6.57. The molecular formula is C15H22N2O2. The number of hydrogen-bond donors (Lipinski definition) is 1. The van der Waals surface area contributed by atoms with E-state index in [-0.39, 0.29) is 5.91 Å². The summed E-state index contributed by atoms with van der Waals surface area (Å²) in [6, 6.07) is 7.79. The Balaban J connectivity index is 2.21. The van der Waals surface area contributed by atoms with Crippen molar-refractivity contribution in [3.63, 3.8) is 0 Å². The number of likely N-dealkylation sites (N-methyl/N-ethyl adjacent to an activating group) is 1. The van der Waals surface area contributed by atoms with Gasteiger partial charge in [0.15, 0.2) is 0 Å². The molecule has 4 nitrogen and oxygen atoms in total. The molecule has 1 aliphatic rings. The van der Waals surface area contributed by atoms with Crippen LogP contribution in [0, 0.1) is 0 Å². The Morgan fingerprint density at radius 1 is 1.42 bits per heavy atom. The largest absolute Gasteiger partial charge is 0.493 e. The Morgan fingerprint density at radius 3 is 2.84 bits per heavy atom. The molecule has 1 atom stereocenters. The third kappa shape index (κ3) is 3.07. The molecule has 1 aliphatic heterocycles. The molecule has 1 fully saturated rings. The highest BCUT2D eigenvalue weighted by Gasteiger charge is 2.27. The van der Waals surface area contributed by atoms with Gasteiger partial charge in [0.05, 0.1) is 12.2 Å². The van der Waals surface area contributed by atoms with Gasteiger partial charge in [-0.15, -0.1) is 0 Å². The molecule has 1 unspecified atom stereocenters. The van der Waals surface area contributed by atoms with Gasteiger partial charge in [-0.25, -0.2) is 0 Å². The van der Waals surface area contributed by atoms with Crippen molar-refractivity contribution >= 4 is 5.91 Å². The molecule has 1 heterocycles. The van der Waals surface area contributed by atoms with E-state index >= 15 is 0 Å². The first-order valence-electron chi connectivity index (χ1n) is 7.01. The van der Waals surface area contributed by atoms with Crippen LogP contribution in [0.25, 0.3) is 0 Å². The van der Waals surface area contributed by atoms with Crippen molar-refractivity contribution < 1.29 is 9.53 Å². The van der Waals surface area contributed by atoms with Gasteiger partial charge in [-0.3, -0.25) is 4.79 Å².